The first-order chi connectivity index (χ1) is 3.77. The van der Waals surface area contributed by atoms with E-state index in [4.69, 9.17) is 6.58 Å². The van der Waals surface area contributed by atoms with Crippen molar-refractivity contribution in [3.05, 3.63) is 24.3 Å². The van der Waals surface area contributed by atoms with E-state index in [-0.39, 0.29) is 0 Å². The molecule has 2 radical (unpaired) electrons. The molecule has 8 heavy (non-hydrogen) atoms. The highest BCUT2D eigenvalue weighted by molar-refractivity contribution is 4.87. The molecular weight excluding hydrogens is 96.1 g/mol. The van der Waals surface area contributed by atoms with E-state index in [9.17, 15) is 0 Å². The van der Waals surface area contributed by atoms with Gasteiger partial charge in [-0.3, -0.25) is 0 Å². The molecule has 0 aromatic carbocycles. The van der Waals surface area contributed by atoms with Crippen molar-refractivity contribution in [3.8, 4) is 0 Å². The molecule has 0 saturated heterocycles. The van der Waals surface area contributed by atoms with E-state index in [1.165, 1.54) is 0 Å². The fourth-order valence-corrected chi connectivity index (χ4v) is 0.444. The zero-order valence-corrected chi connectivity index (χ0v) is 5.57. The third-order valence-electron chi connectivity index (χ3n) is 0.887. The molecule has 0 aliphatic rings. The molecule has 0 aliphatic carbocycles. The molecule has 0 aliphatic heterocycles. The molecule has 0 unspecified atom stereocenters. The Morgan fingerprint density at radius 1 is 1.75 bits per heavy atom. The van der Waals surface area contributed by atoms with Crippen LogP contribution in [0.25, 0.3) is 0 Å². The van der Waals surface area contributed by atoms with Gasteiger partial charge in [0, 0.05) is 0 Å². The Hall–Kier alpha value is -0.520. The molecule has 44 valence electrons. The van der Waals surface area contributed by atoms with E-state index in [0.717, 1.165) is 18.4 Å². The van der Waals surface area contributed by atoms with Crippen LogP contribution in [0.1, 0.15) is 26.7 Å². The summed E-state index contributed by atoms with van der Waals surface area (Å²) < 4.78 is 0. The summed E-state index contributed by atoms with van der Waals surface area (Å²) in [6.07, 6.45) is 6.94. The van der Waals surface area contributed by atoms with Gasteiger partial charge in [0.2, 0.25) is 0 Å². The lowest BCUT2D eigenvalue weighted by Gasteiger charge is -1.89. The minimum absolute atomic E-state index is 0.987. The summed E-state index contributed by atoms with van der Waals surface area (Å²) in [5.74, 6) is 0. The van der Waals surface area contributed by atoms with Crippen LogP contribution in [0.4, 0.5) is 0 Å². The second kappa shape index (κ2) is 4.63. The zero-order valence-electron chi connectivity index (χ0n) is 5.57. The molecule has 0 aromatic rings. The van der Waals surface area contributed by atoms with Gasteiger partial charge in [0.1, 0.15) is 0 Å². The normalized spacial score (nSPS) is 10.2. The maximum atomic E-state index is 5.40. The average molecular weight is 108 g/mol. The van der Waals surface area contributed by atoms with Crippen LogP contribution in [0.3, 0.4) is 0 Å². The van der Waals surface area contributed by atoms with Gasteiger partial charge in [-0.25, -0.2) is 0 Å². The number of hydrogen-bond donors (Lipinski definition) is 0. The Morgan fingerprint density at radius 2 is 2.38 bits per heavy atom. The molecule has 0 amide bonds. The topological polar surface area (TPSA) is 0 Å². The molecule has 0 atom stereocenters. The van der Waals surface area contributed by atoms with Crippen molar-refractivity contribution in [2.75, 3.05) is 0 Å². The average Bonchev–Trinajstić information content (AvgIpc) is 1.66. The van der Waals surface area contributed by atoms with Crippen molar-refractivity contribution in [3.63, 3.8) is 0 Å². The highest BCUT2D eigenvalue weighted by Gasteiger charge is 1.80. The third-order valence-corrected chi connectivity index (χ3v) is 0.887. The summed E-state index contributed by atoms with van der Waals surface area (Å²) in [5.41, 5.74) is 0.997. The molecule has 0 N–H and O–H groups in total. The molecule has 0 fully saturated rings. The number of hydrogen-bond acceptors (Lipinski definition) is 0. The van der Waals surface area contributed by atoms with E-state index in [0.29, 0.717) is 0 Å². The predicted octanol–water partition coefficient (Wildman–Crippen LogP) is 2.53. The summed E-state index contributed by atoms with van der Waals surface area (Å²) in [5, 5.41) is 0. The van der Waals surface area contributed by atoms with E-state index >= 15 is 0 Å². The standard InChI is InChI=1S/C8H12/c1-4-5-6-7-8(2)3/h2,5H,6-7H2,1,3H3. The lowest BCUT2D eigenvalue weighted by atomic mass is 10.2. The Kier molecular flexibility index (Phi) is 4.33. The number of rotatable bonds is 3. The first kappa shape index (κ1) is 7.48. The smallest absolute Gasteiger partial charge is 0.0285 e. The fourth-order valence-electron chi connectivity index (χ4n) is 0.444. The van der Waals surface area contributed by atoms with E-state index < -0.39 is 0 Å². The van der Waals surface area contributed by atoms with Gasteiger partial charge in [-0.05, 0) is 26.7 Å². The highest BCUT2D eigenvalue weighted by atomic mass is 13.9. The Morgan fingerprint density at radius 3 is 2.75 bits per heavy atom. The predicted molar refractivity (Wildman–Crippen MR) is 36.2 cm³/mol. The van der Waals surface area contributed by atoms with E-state index in [1.807, 2.05) is 19.9 Å². The molecule has 0 saturated carbocycles. The van der Waals surface area contributed by atoms with Crippen molar-refractivity contribution in [2.24, 2.45) is 0 Å². The van der Waals surface area contributed by atoms with Gasteiger partial charge in [-0.1, -0.05) is 24.3 Å². The van der Waals surface area contributed by atoms with Crippen LogP contribution >= 0.6 is 0 Å². The van der Waals surface area contributed by atoms with Crippen molar-refractivity contribution in [2.45, 2.75) is 26.7 Å². The van der Waals surface area contributed by atoms with Gasteiger partial charge in [-0.15, -0.1) is 0 Å². The minimum atomic E-state index is 0.987. The Balaban J connectivity index is 3.05. The van der Waals surface area contributed by atoms with Crippen molar-refractivity contribution in [1.29, 1.82) is 0 Å². The number of allylic oxidation sites excluding steroid dienone is 3. The van der Waals surface area contributed by atoms with Crippen LogP contribution in [0.2, 0.25) is 0 Å². The lowest BCUT2D eigenvalue weighted by molar-refractivity contribution is 0.976. The summed E-state index contributed by atoms with van der Waals surface area (Å²) in [4.78, 5) is 0. The fraction of sp³-hybridized carbons (Fsp3) is 0.500. The minimum Gasteiger partial charge on any atom is -0.0810 e. The van der Waals surface area contributed by atoms with Crippen LogP contribution < -0.4 is 0 Å². The van der Waals surface area contributed by atoms with Crippen molar-refractivity contribution in [1.82, 2.24) is 0 Å². The molecular formula is C8H12. The first-order valence-corrected chi connectivity index (χ1v) is 2.84. The second-order valence-electron chi connectivity index (χ2n) is 1.88. The van der Waals surface area contributed by atoms with E-state index in [2.05, 4.69) is 6.08 Å². The molecule has 0 nitrogen and oxygen atoms in total. The van der Waals surface area contributed by atoms with Gasteiger partial charge in [-0.2, -0.15) is 0 Å². The summed E-state index contributed by atoms with van der Waals surface area (Å²) in [6, 6.07) is 0. The SMILES string of the molecule is [CH]=C(C)CC/C=[C]/C. The maximum Gasteiger partial charge on any atom is -0.0285 e. The van der Waals surface area contributed by atoms with Crippen LogP contribution in [-0.4, -0.2) is 0 Å². The monoisotopic (exact) mass is 108 g/mol. The largest absolute Gasteiger partial charge is 0.0810 e. The Bertz CT molecular complexity index is 88.2. The van der Waals surface area contributed by atoms with E-state index in [1.54, 1.807) is 0 Å². The molecule has 0 spiro atoms. The summed E-state index contributed by atoms with van der Waals surface area (Å²) >= 11 is 0. The highest BCUT2D eigenvalue weighted by Crippen LogP contribution is 1.99. The van der Waals surface area contributed by atoms with Crippen LogP contribution in [-0.2, 0) is 0 Å². The van der Waals surface area contributed by atoms with Crippen LogP contribution in [0.5, 0.6) is 0 Å². The maximum absolute atomic E-state index is 5.40. The zero-order chi connectivity index (χ0) is 6.41. The molecule has 0 aromatic heterocycles. The Labute approximate surface area is 51.9 Å². The summed E-state index contributed by atoms with van der Waals surface area (Å²) in [6.45, 7) is 9.23. The van der Waals surface area contributed by atoms with Gasteiger partial charge >= 0.3 is 0 Å². The molecule has 0 heteroatoms. The summed E-state index contributed by atoms with van der Waals surface area (Å²) in [7, 11) is 0. The van der Waals surface area contributed by atoms with Crippen molar-refractivity contribution < 1.29 is 0 Å². The van der Waals surface area contributed by atoms with Crippen molar-refractivity contribution >= 4 is 0 Å². The molecule has 0 rings (SSSR count). The first-order valence-electron chi connectivity index (χ1n) is 2.84. The van der Waals surface area contributed by atoms with Gasteiger partial charge < -0.3 is 0 Å². The lowest BCUT2D eigenvalue weighted by Crippen LogP contribution is -1.70. The van der Waals surface area contributed by atoms with Crippen LogP contribution in [0.15, 0.2) is 11.6 Å². The van der Waals surface area contributed by atoms with Gasteiger partial charge in [0.25, 0.3) is 0 Å². The third kappa shape index (κ3) is 5.48. The second-order valence-corrected chi connectivity index (χ2v) is 1.88. The van der Waals surface area contributed by atoms with Gasteiger partial charge in [0.15, 0.2) is 0 Å². The van der Waals surface area contributed by atoms with Crippen LogP contribution in [0, 0.1) is 12.7 Å². The quantitative estimate of drug-likeness (QED) is 0.521. The molecule has 0 heterocycles. The van der Waals surface area contributed by atoms with Gasteiger partial charge in [0.05, 0.1) is 0 Å². The molecule has 0 bridgehead atoms.